The second-order valence-electron chi connectivity index (χ2n) is 6.59. The van der Waals surface area contributed by atoms with E-state index >= 15 is 0 Å². The third-order valence-electron chi connectivity index (χ3n) is 3.84. The van der Waals surface area contributed by atoms with E-state index in [-0.39, 0.29) is 11.2 Å². The van der Waals surface area contributed by atoms with E-state index in [0.29, 0.717) is 11.4 Å². The topological polar surface area (TPSA) is 34.9 Å². The fourth-order valence-electron chi connectivity index (χ4n) is 2.86. The Kier molecular flexibility index (Phi) is 3.40. The minimum atomic E-state index is -0.152. The molecule has 0 amide bonds. The van der Waals surface area contributed by atoms with Crippen molar-refractivity contribution in [2.24, 2.45) is 0 Å². The largest absolute Gasteiger partial charge is 0.294 e. The summed E-state index contributed by atoms with van der Waals surface area (Å²) in [6.45, 7) is 6.29. The molecule has 0 aliphatic heterocycles. The molecule has 4 heteroatoms. The first-order valence-electron chi connectivity index (χ1n) is 7.29. The molecule has 2 aromatic rings. The zero-order valence-corrected chi connectivity index (χ0v) is 13.4. The van der Waals surface area contributed by atoms with Gasteiger partial charge in [0, 0.05) is 16.9 Å². The summed E-state index contributed by atoms with van der Waals surface area (Å²) in [6.07, 6.45) is 2.40. The lowest BCUT2D eigenvalue weighted by molar-refractivity contribution is 0.0970. The summed E-state index contributed by atoms with van der Waals surface area (Å²) >= 11 is 6.10. The highest BCUT2D eigenvalue weighted by molar-refractivity contribution is 6.30. The van der Waals surface area contributed by atoms with E-state index in [2.05, 4.69) is 20.8 Å². The Hall–Kier alpha value is -1.61. The fraction of sp³-hybridized carbons (Fsp3) is 0.412. The van der Waals surface area contributed by atoms with Crippen molar-refractivity contribution in [1.29, 1.82) is 0 Å². The summed E-state index contributed by atoms with van der Waals surface area (Å²) in [7, 11) is 0. The molecule has 0 atom stereocenters. The van der Waals surface area contributed by atoms with E-state index in [0.717, 1.165) is 35.5 Å². The van der Waals surface area contributed by atoms with Gasteiger partial charge < -0.3 is 0 Å². The van der Waals surface area contributed by atoms with Crippen molar-refractivity contribution in [3.8, 4) is 5.69 Å². The molecule has 0 N–H and O–H groups in total. The van der Waals surface area contributed by atoms with Crippen LogP contribution in [0.15, 0.2) is 24.3 Å². The number of ketones is 1. The molecule has 0 unspecified atom stereocenters. The van der Waals surface area contributed by atoms with Crippen molar-refractivity contribution in [2.45, 2.75) is 45.4 Å². The Balaban J connectivity index is 2.25. The molecular weight excluding hydrogens is 284 g/mol. The number of fused-ring (bicyclic) bond motifs is 1. The van der Waals surface area contributed by atoms with Gasteiger partial charge in [-0.15, -0.1) is 0 Å². The van der Waals surface area contributed by atoms with Crippen LogP contribution in [0.3, 0.4) is 0 Å². The molecule has 0 bridgehead atoms. The van der Waals surface area contributed by atoms with Crippen LogP contribution in [0.5, 0.6) is 0 Å². The first-order valence-corrected chi connectivity index (χ1v) is 7.67. The SMILES string of the molecule is CC(C)(C)c1nn(-c2cccc(Cl)c2)c2c1C(=O)CCC2. The van der Waals surface area contributed by atoms with Gasteiger partial charge in [0.05, 0.1) is 22.6 Å². The fourth-order valence-corrected chi connectivity index (χ4v) is 3.05. The Labute approximate surface area is 129 Å². The van der Waals surface area contributed by atoms with Crippen LogP contribution >= 0.6 is 11.6 Å². The van der Waals surface area contributed by atoms with Gasteiger partial charge >= 0.3 is 0 Å². The van der Waals surface area contributed by atoms with E-state index in [4.69, 9.17) is 16.7 Å². The molecule has 0 saturated carbocycles. The van der Waals surface area contributed by atoms with Crippen LogP contribution in [0.1, 0.15) is 55.4 Å². The maximum Gasteiger partial charge on any atom is 0.166 e. The molecule has 110 valence electrons. The minimum Gasteiger partial charge on any atom is -0.294 e. The first-order chi connectivity index (χ1) is 9.88. The second-order valence-corrected chi connectivity index (χ2v) is 7.03. The molecular formula is C17H19ClN2O. The zero-order valence-electron chi connectivity index (χ0n) is 12.6. The molecule has 1 aliphatic rings. The number of carbonyl (C=O) groups excluding carboxylic acids is 1. The lowest BCUT2D eigenvalue weighted by Gasteiger charge is -2.19. The summed E-state index contributed by atoms with van der Waals surface area (Å²) in [5.41, 5.74) is 3.51. The van der Waals surface area contributed by atoms with E-state index in [9.17, 15) is 4.79 Å². The Morgan fingerprint density at radius 1 is 1.24 bits per heavy atom. The molecule has 3 nitrogen and oxygen atoms in total. The Morgan fingerprint density at radius 2 is 2.00 bits per heavy atom. The third-order valence-corrected chi connectivity index (χ3v) is 4.08. The summed E-state index contributed by atoms with van der Waals surface area (Å²) in [5, 5.41) is 5.44. The summed E-state index contributed by atoms with van der Waals surface area (Å²) < 4.78 is 1.90. The second kappa shape index (κ2) is 4.99. The summed E-state index contributed by atoms with van der Waals surface area (Å²) in [4.78, 5) is 12.4. The number of hydrogen-bond acceptors (Lipinski definition) is 2. The molecule has 0 fully saturated rings. The molecule has 1 aromatic carbocycles. The molecule has 0 saturated heterocycles. The molecule has 1 heterocycles. The van der Waals surface area contributed by atoms with Crippen LogP contribution in [0.2, 0.25) is 5.02 Å². The number of carbonyl (C=O) groups is 1. The van der Waals surface area contributed by atoms with Crippen molar-refractivity contribution >= 4 is 17.4 Å². The molecule has 0 radical (unpaired) electrons. The quantitative estimate of drug-likeness (QED) is 0.785. The number of nitrogens with zero attached hydrogens (tertiary/aromatic N) is 2. The van der Waals surface area contributed by atoms with Crippen LogP contribution in [-0.2, 0) is 11.8 Å². The van der Waals surface area contributed by atoms with E-state index < -0.39 is 0 Å². The summed E-state index contributed by atoms with van der Waals surface area (Å²) in [5.74, 6) is 0.217. The van der Waals surface area contributed by atoms with E-state index in [1.54, 1.807) is 0 Å². The summed E-state index contributed by atoms with van der Waals surface area (Å²) in [6, 6.07) is 7.62. The third kappa shape index (κ3) is 2.51. The van der Waals surface area contributed by atoms with Gasteiger partial charge in [-0.2, -0.15) is 5.10 Å². The van der Waals surface area contributed by atoms with Crippen molar-refractivity contribution in [2.75, 3.05) is 0 Å². The Morgan fingerprint density at radius 3 is 2.67 bits per heavy atom. The van der Waals surface area contributed by atoms with E-state index in [1.165, 1.54) is 0 Å². The number of aromatic nitrogens is 2. The predicted octanol–water partition coefficient (Wildman–Crippen LogP) is 4.34. The average molecular weight is 303 g/mol. The normalized spacial score (nSPS) is 15.1. The predicted molar refractivity (Wildman–Crippen MR) is 84.5 cm³/mol. The lowest BCUT2D eigenvalue weighted by Crippen LogP contribution is -2.19. The van der Waals surface area contributed by atoms with Gasteiger partial charge in [-0.1, -0.05) is 38.4 Å². The first kappa shape index (κ1) is 14.3. The number of benzene rings is 1. The standard InChI is InChI=1S/C17H19ClN2O/c1-17(2,3)16-15-13(8-5-9-14(15)21)20(19-16)12-7-4-6-11(18)10-12/h4,6-7,10H,5,8-9H2,1-3H3. The van der Waals surface area contributed by atoms with Crippen LogP contribution in [0, 0.1) is 0 Å². The Bertz CT molecular complexity index is 710. The van der Waals surface area contributed by atoms with Gasteiger partial charge in [0.25, 0.3) is 0 Å². The molecule has 1 aromatic heterocycles. The zero-order chi connectivity index (χ0) is 15.2. The van der Waals surface area contributed by atoms with Crippen LogP contribution in [0.25, 0.3) is 5.69 Å². The van der Waals surface area contributed by atoms with Crippen molar-refractivity contribution in [1.82, 2.24) is 9.78 Å². The molecule has 3 rings (SSSR count). The van der Waals surface area contributed by atoms with Crippen LogP contribution in [0.4, 0.5) is 0 Å². The monoisotopic (exact) mass is 302 g/mol. The maximum atomic E-state index is 12.4. The van der Waals surface area contributed by atoms with E-state index in [1.807, 2.05) is 28.9 Å². The lowest BCUT2D eigenvalue weighted by atomic mass is 9.84. The van der Waals surface area contributed by atoms with Crippen LogP contribution < -0.4 is 0 Å². The van der Waals surface area contributed by atoms with Gasteiger partial charge in [-0.05, 0) is 31.0 Å². The van der Waals surface area contributed by atoms with Gasteiger partial charge in [0.2, 0.25) is 0 Å². The average Bonchev–Trinajstić information content (AvgIpc) is 2.79. The van der Waals surface area contributed by atoms with Crippen LogP contribution in [-0.4, -0.2) is 15.6 Å². The maximum absolute atomic E-state index is 12.4. The van der Waals surface area contributed by atoms with Crippen molar-refractivity contribution in [3.63, 3.8) is 0 Å². The highest BCUT2D eigenvalue weighted by atomic mass is 35.5. The van der Waals surface area contributed by atoms with Crippen molar-refractivity contribution in [3.05, 3.63) is 46.2 Å². The minimum absolute atomic E-state index is 0.152. The highest BCUT2D eigenvalue weighted by Gasteiger charge is 2.32. The highest BCUT2D eigenvalue weighted by Crippen LogP contribution is 2.33. The number of hydrogen-bond donors (Lipinski definition) is 0. The number of Topliss-reactive ketones (excluding diaryl/α,β-unsaturated/α-hetero) is 1. The number of rotatable bonds is 1. The molecule has 1 aliphatic carbocycles. The van der Waals surface area contributed by atoms with Gasteiger partial charge in [0.15, 0.2) is 5.78 Å². The molecule has 21 heavy (non-hydrogen) atoms. The number of halogens is 1. The van der Waals surface area contributed by atoms with Gasteiger partial charge in [0.1, 0.15) is 0 Å². The van der Waals surface area contributed by atoms with Gasteiger partial charge in [-0.25, -0.2) is 4.68 Å². The van der Waals surface area contributed by atoms with Gasteiger partial charge in [-0.3, -0.25) is 4.79 Å². The molecule has 0 spiro atoms. The van der Waals surface area contributed by atoms with Crippen molar-refractivity contribution < 1.29 is 4.79 Å². The smallest absolute Gasteiger partial charge is 0.166 e.